The van der Waals surface area contributed by atoms with Gasteiger partial charge in [0.15, 0.2) is 5.69 Å². The summed E-state index contributed by atoms with van der Waals surface area (Å²) in [6, 6.07) is 4.78. The molecule has 16 heavy (non-hydrogen) atoms. The number of fused-ring (bicyclic) bond motifs is 1. The summed E-state index contributed by atoms with van der Waals surface area (Å²) >= 11 is 11.6. The van der Waals surface area contributed by atoms with Crippen molar-refractivity contribution in [1.82, 2.24) is 9.97 Å². The normalized spacial score (nSPS) is 10.4. The first-order valence-corrected chi connectivity index (χ1v) is 5.08. The van der Waals surface area contributed by atoms with E-state index < -0.39 is 5.97 Å². The highest BCUT2D eigenvalue weighted by Crippen LogP contribution is 2.21. The topological polar surface area (TPSA) is 52.1 Å². The van der Waals surface area contributed by atoms with E-state index in [4.69, 9.17) is 23.2 Å². The predicted molar refractivity (Wildman–Crippen MR) is 60.9 cm³/mol. The maximum Gasteiger partial charge on any atom is 0.358 e. The molecule has 0 aliphatic heterocycles. The number of nitrogens with zero attached hydrogens (tertiary/aromatic N) is 2. The molecule has 2 rings (SSSR count). The lowest BCUT2D eigenvalue weighted by molar-refractivity contribution is 0.0595. The van der Waals surface area contributed by atoms with Gasteiger partial charge in [-0.2, -0.15) is 0 Å². The molecule has 0 aliphatic rings. The number of halogens is 2. The average Bonchev–Trinajstić information content (AvgIpc) is 2.27. The monoisotopic (exact) mass is 256 g/mol. The molecule has 82 valence electrons. The van der Waals surface area contributed by atoms with Crippen LogP contribution in [0.25, 0.3) is 11.0 Å². The van der Waals surface area contributed by atoms with Crippen molar-refractivity contribution < 1.29 is 9.53 Å². The average molecular weight is 257 g/mol. The summed E-state index contributed by atoms with van der Waals surface area (Å²) in [6.45, 7) is 0. The molecule has 4 nitrogen and oxygen atoms in total. The van der Waals surface area contributed by atoms with E-state index in [9.17, 15) is 4.79 Å². The molecule has 6 heteroatoms. The molecule has 2 aromatic heterocycles. The first-order chi connectivity index (χ1) is 7.61. The SMILES string of the molecule is COC(=O)c1nc2ccc(Cl)nc2cc1Cl. The number of aromatic nitrogens is 2. The van der Waals surface area contributed by atoms with Crippen molar-refractivity contribution in [3.63, 3.8) is 0 Å². The maximum atomic E-state index is 11.3. The van der Waals surface area contributed by atoms with E-state index in [1.165, 1.54) is 13.2 Å². The standard InChI is InChI=1S/C10H6Cl2N2O2/c1-16-10(15)9-5(11)4-7-6(14-9)2-3-8(12)13-7/h2-4H,1H3. The van der Waals surface area contributed by atoms with Crippen molar-refractivity contribution in [2.45, 2.75) is 0 Å². The zero-order valence-corrected chi connectivity index (χ0v) is 9.71. The molecular formula is C10H6Cl2N2O2. The number of ether oxygens (including phenoxy) is 1. The van der Waals surface area contributed by atoms with Gasteiger partial charge in [-0.1, -0.05) is 23.2 Å². The Balaban J connectivity index is 2.67. The lowest BCUT2D eigenvalue weighted by Gasteiger charge is -2.03. The second-order valence-electron chi connectivity index (χ2n) is 2.98. The zero-order valence-electron chi connectivity index (χ0n) is 8.20. The van der Waals surface area contributed by atoms with Crippen LogP contribution in [0.2, 0.25) is 10.2 Å². The number of rotatable bonds is 1. The van der Waals surface area contributed by atoms with Crippen molar-refractivity contribution in [1.29, 1.82) is 0 Å². The van der Waals surface area contributed by atoms with E-state index in [1.807, 2.05) is 0 Å². The van der Waals surface area contributed by atoms with Gasteiger partial charge < -0.3 is 4.74 Å². The van der Waals surface area contributed by atoms with Gasteiger partial charge >= 0.3 is 5.97 Å². The maximum absolute atomic E-state index is 11.3. The van der Waals surface area contributed by atoms with Crippen LogP contribution >= 0.6 is 23.2 Å². The summed E-state index contributed by atoms with van der Waals surface area (Å²) in [5.41, 5.74) is 1.14. The molecular weight excluding hydrogens is 251 g/mol. The Bertz CT molecular complexity index is 572. The Morgan fingerprint density at radius 1 is 1.25 bits per heavy atom. The van der Waals surface area contributed by atoms with E-state index in [2.05, 4.69) is 14.7 Å². The molecule has 0 aliphatic carbocycles. The van der Waals surface area contributed by atoms with Gasteiger partial charge in [-0.3, -0.25) is 0 Å². The fraction of sp³-hybridized carbons (Fsp3) is 0.100. The van der Waals surface area contributed by atoms with Gasteiger partial charge in [0.1, 0.15) is 5.15 Å². The Labute approximate surface area is 101 Å². The van der Waals surface area contributed by atoms with Crippen LogP contribution in [-0.2, 0) is 4.74 Å². The number of carbonyl (C=O) groups excluding carboxylic acids is 1. The van der Waals surface area contributed by atoms with Crippen molar-refractivity contribution in [2.24, 2.45) is 0 Å². The Morgan fingerprint density at radius 3 is 2.69 bits per heavy atom. The van der Waals surface area contributed by atoms with E-state index in [-0.39, 0.29) is 10.7 Å². The fourth-order valence-electron chi connectivity index (χ4n) is 1.25. The number of esters is 1. The van der Waals surface area contributed by atoms with Gasteiger partial charge in [-0.05, 0) is 18.2 Å². The molecule has 0 saturated heterocycles. The Kier molecular flexibility index (Phi) is 2.94. The van der Waals surface area contributed by atoms with Crippen molar-refractivity contribution >= 4 is 40.2 Å². The fourth-order valence-corrected chi connectivity index (χ4v) is 1.62. The van der Waals surface area contributed by atoms with Crippen LogP contribution in [0, 0.1) is 0 Å². The quantitative estimate of drug-likeness (QED) is 0.582. The van der Waals surface area contributed by atoms with E-state index in [1.54, 1.807) is 12.1 Å². The van der Waals surface area contributed by atoms with E-state index >= 15 is 0 Å². The smallest absolute Gasteiger partial charge is 0.358 e. The second-order valence-corrected chi connectivity index (χ2v) is 3.78. The van der Waals surface area contributed by atoms with Crippen LogP contribution in [0.1, 0.15) is 10.5 Å². The molecule has 0 saturated carbocycles. The van der Waals surface area contributed by atoms with Gasteiger partial charge in [0.05, 0.1) is 23.2 Å². The Hall–Kier alpha value is -1.39. The molecule has 2 aromatic rings. The molecule has 0 unspecified atom stereocenters. The highest BCUT2D eigenvalue weighted by molar-refractivity contribution is 6.34. The van der Waals surface area contributed by atoms with E-state index in [0.29, 0.717) is 16.2 Å². The third kappa shape index (κ3) is 1.94. The summed E-state index contributed by atoms with van der Waals surface area (Å²) in [7, 11) is 1.27. The number of methoxy groups -OCH3 is 1. The highest BCUT2D eigenvalue weighted by atomic mass is 35.5. The van der Waals surface area contributed by atoms with E-state index in [0.717, 1.165) is 0 Å². The lowest BCUT2D eigenvalue weighted by Crippen LogP contribution is -2.05. The van der Waals surface area contributed by atoms with Crippen molar-refractivity contribution in [3.05, 3.63) is 34.1 Å². The second kappa shape index (κ2) is 4.23. The molecule has 0 N–H and O–H groups in total. The number of carbonyl (C=O) groups is 1. The van der Waals surface area contributed by atoms with Crippen molar-refractivity contribution in [2.75, 3.05) is 7.11 Å². The molecule has 0 radical (unpaired) electrons. The number of hydrogen-bond acceptors (Lipinski definition) is 4. The summed E-state index contributed by atoms with van der Waals surface area (Å²) in [5.74, 6) is -0.582. The van der Waals surface area contributed by atoms with Gasteiger partial charge in [0.2, 0.25) is 0 Å². The first kappa shape index (κ1) is 11.1. The minimum Gasteiger partial charge on any atom is -0.464 e. The zero-order chi connectivity index (χ0) is 11.7. The third-order valence-electron chi connectivity index (χ3n) is 1.97. The molecule has 0 spiro atoms. The third-order valence-corrected chi connectivity index (χ3v) is 2.47. The van der Waals surface area contributed by atoms with Gasteiger partial charge in [0, 0.05) is 0 Å². The number of pyridine rings is 2. The summed E-state index contributed by atoms with van der Waals surface area (Å²) < 4.78 is 4.56. The molecule has 0 amide bonds. The summed E-state index contributed by atoms with van der Waals surface area (Å²) in [4.78, 5) is 19.4. The lowest BCUT2D eigenvalue weighted by atomic mass is 10.3. The molecule has 0 atom stereocenters. The van der Waals surface area contributed by atoms with Gasteiger partial charge in [-0.25, -0.2) is 14.8 Å². The molecule has 0 fully saturated rings. The summed E-state index contributed by atoms with van der Waals surface area (Å²) in [5, 5.41) is 0.533. The molecule has 2 heterocycles. The van der Waals surface area contributed by atoms with Gasteiger partial charge in [0.25, 0.3) is 0 Å². The predicted octanol–water partition coefficient (Wildman–Crippen LogP) is 2.72. The van der Waals surface area contributed by atoms with Crippen LogP contribution in [-0.4, -0.2) is 23.0 Å². The Morgan fingerprint density at radius 2 is 2.00 bits per heavy atom. The van der Waals surface area contributed by atoms with Crippen LogP contribution in [0.15, 0.2) is 18.2 Å². The van der Waals surface area contributed by atoms with Crippen LogP contribution < -0.4 is 0 Å². The van der Waals surface area contributed by atoms with Crippen LogP contribution in [0.5, 0.6) is 0 Å². The minimum atomic E-state index is -0.582. The van der Waals surface area contributed by atoms with Crippen molar-refractivity contribution in [3.8, 4) is 0 Å². The van der Waals surface area contributed by atoms with Crippen LogP contribution in [0.4, 0.5) is 0 Å². The highest BCUT2D eigenvalue weighted by Gasteiger charge is 2.14. The minimum absolute atomic E-state index is 0.0702. The van der Waals surface area contributed by atoms with Gasteiger partial charge in [-0.15, -0.1) is 0 Å². The largest absolute Gasteiger partial charge is 0.464 e. The molecule has 0 aromatic carbocycles. The molecule has 0 bridgehead atoms. The summed E-state index contributed by atoms with van der Waals surface area (Å²) in [6.07, 6.45) is 0. The van der Waals surface area contributed by atoms with Crippen LogP contribution in [0.3, 0.4) is 0 Å². The first-order valence-electron chi connectivity index (χ1n) is 4.33. The number of hydrogen-bond donors (Lipinski definition) is 0.